The number of nitrogens with zero attached hydrogens (tertiary/aromatic N) is 6. The lowest BCUT2D eigenvalue weighted by Crippen LogP contribution is -2.56. The monoisotopic (exact) mass is 383 g/mol. The Bertz CT molecular complexity index is 1310. The topological polar surface area (TPSA) is 125 Å². The first-order chi connectivity index (χ1) is 14.2. The molecule has 0 amide bonds. The Kier molecular flexibility index (Phi) is 3.38. The number of anilines is 1. The lowest BCUT2D eigenvalue weighted by molar-refractivity contribution is 0.514. The summed E-state index contributed by atoms with van der Waals surface area (Å²) in [4.78, 5) is 23.5. The van der Waals surface area contributed by atoms with Crippen LogP contribution in [0.25, 0.3) is 44.8 Å². The van der Waals surface area contributed by atoms with Gasteiger partial charge in [0, 0.05) is 36.3 Å². The zero-order valence-electron chi connectivity index (χ0n) is 15.4. The van der Waals surface area contributed by atoms with Crippen LogP contribution in [0.4, 0.5) is 5.82 Å². The van der Waals surface area contributed by atoms with Crippen molar-refractivity contribution < 1.29 is 0 Å². The van der Waals surface area contributed by atoms with Crippen LogP contribution in [-0.4, -0.2) is 54.2 Å². The van der Waals surface area contributed by atoms with E-state index >= 15 is 0 Å². The molecule has 1 aromatic carbocycles. The summed E-state index contributed by atoms with van der Waals surface area (Å²) in [7, 11) is 0. The summed E-state index contributed by atoms with van der Waals surface area (Å²) in [6.45, 7) is 1.62. The van der Waals surface area contributed by atoms with E-state index in [0.717, 1.165) is 57.9 Å². The fourth-order valence-electron chi connectivity index (χ4n) is 3.66. The molecule has 9 nitrogen and oxygen atoms in total. The van der Waals surface area contributed by atoms with Crippen LogP contribution in [-0.2, 0) is 0 Å². The maximum atomic E-state index is 5.89. The first-order valence-corrected chi connectivity index (χ1v) is 9.37. The fourth-order valence-corrected chi connectivity index (χ4v) is 3.66. The van der Waals surface area contributed by atoms with E-state index in [4.69, 9.17) is 10.7 Å². The van der Waals surface area contributed by atoms with Gasteiger partial charge in [-0.05, 0) is 24.3 Å². The summed E-state index contributed by atoms with van der Waals surface area (Å²) < 4.78 is 0. The molecule has 0 spiro atoms. The highest BCUT2D eigenvalue weighted by Crippen LogP contribution is 2.30. The summed E-state index contributed by atoms with van der Waals surface area (Å²) in [5.41, 5.74) is 10.9. The van der Waals surface area contributed by atoms with E-state index in [1.54, 1.807) is 18.6 Å². The number of rotatable bonds is 3. The number of aromatic nitrogens is 7. The van der Waals surface area contributed by atoms with Gasteiger partial charge < -0.3 is 15.6 Å². The van der Waals surface area contributed by atoms with Gasteiger partial charge in [-0.25, -0.2) is 15.0 Å². The maximum absolute atomic E-state index is 5.89. The van der Waals surface area contributed by atoms with Crippen molar-refractivity contribution in [3.05, 3.63) is 48.9 Å². The second kappa shape index (κ2) is 6.08. The van der Waals surface area contributed by atoms with Gasteiger partial charge in [0.1, 0.15) is 17.0 Å². The predicted octanol–water partition coefficient (Wildman–Crippen LogP) is 2.11. The average molecular weight is 383 g/mol. The van der Waals surface area contributed by atoms with Gasteiger partial charge >= 0.3 is 0 Å². The van der Waals surface area contributed by atoms with Gasteiger partial charge in [-0.3, -0.25) is 10.1 Å². The third-order valence-corrected chi connectivity index (χ3v) is 5.19. The first kappa shape index (κ1) is 16.1. The van der Waals surface area contributed by atoms with E-state index in [2.05, 4.69) is 41.1 Å². The van der Waals surface area contributed by atoms with E-state index < -0.39 is 0 Å². The first-order valence-electron chi connectivity index (χ1n) is 9.37. The zero-order valence-corrected chi connectivity index (χ0v) is 15.4. The molecule has 0 unspecified atom stereocenters. The molecule has 4 aromatic heterocycles. The van der Waals surface area contributed by atoms with Crippen LogP contribution in [0.2, 0.25) is 0 Å². The number of hydrogen-bond acceptors (Lipinski definition) is 7. The Morgan fingerprint density at radius 1 is 1.10 bits per heavy atom. The van der Waals surface area contributed by atoms with Crippen LogP contribution in [0, 0.1) is 0 Å². The molecular weight excluding hydrogens is 366 g/mol. The van der Waals surface area contributed by atoms with Crippen LogP contribution in [0.3, 0.4) is 0 Å². The van der Waals surface area contributed by atoms with Crippen LogP contribution in [0.1, 0.15) is 0 Å². The molecule has 5 heterocycles. The minimum Gasteiger partial charge on any atom is -0.352 e. The van der Waals surface area contributed by atoms with Crippen LogP contribution in [0.15, 0.2) is 48.9 Å². The van der Waals surface area contributed by atoms with Crippen molar-refractivity contribution in [2.24, 2.45) is 5.73 Å². The largest absolute Gasteiger partial charge is 0.352 e. The molecule has 142 valence electrons. The van der Waals surface area contributed by atoms with Crippen molar-refractivity contribution in [3.8, 4) is 22.8 Å². The number of imidazole rings is 1. The molecule has 1 saturated heterocycles. The quantitative estimate of drug-likeness (QED) is 0.436. The van der Waals surface area contributed by atoms with Crippen LogP contribution >= 0.6 is 0 Å². The lowest BCUT2D eigenvalue weighted by atomic mass is 10.1. The van der Waals surface area contributed by atoms with Gasteiger partial charge in [0.25, 0.3) is 0 Å². The van der Waals surface area contributed by atoms with Crippen LogP contribution < -0.4 is 10.6 Å². The molecule has 0 saturated carbocycles. The number of hydrogen-bond donors (Lipinski definition) is 3. The number of nitrogens with one attached hydrogen (secondary N) is 2. The summed E-state index contributed by atoms with van der Waals surface area (Å²) in [6.07, 6.45) is 5.29. The Balaban J connectivity index is 1.43. The highest BCUT2D eigenvalue weighted by atomic mass is 15.3. The third kappa shape index (κ3) is 2.63. The lowest BCUT2D eigenvalue weighted by Gasteiger charge is -2.37. The molecule has 0 radical (unpaired) electrons. The molecule has 1 aliphatic rings. The van der Waals surface area contributed by atoms with Gasteiger partial charge in [-0.2, -0.15) is 5.10 Å². The van der Waals surface area contributed by atoms with E-state index in [9.17, 15) is 0 Å². The molecule has 0 atom stereocenters. The summed E-state index contributed by atoms with van der Waals surface area (Å²) in [6, 6.07) is 10.1. The fraction of sp³-hybridized carbons (Fsp3) is 0.150. The zero-order chi connectivity index (χ0) is 19.4. The van der Waals surface area contributed by atoms with E-state index in [1.807, 2.05) is 24.3 Å². The summed E-state index contributed by atoms with van der Waals surface area (Å²) in [5, 5.41) is 8.50. The molecule has 0 aliphatic carbocycles. The Morgan fingerprint density at radius 2 is 2.03 bits per heavy atom. The SMILES string of the molecule is NC1CN(c2cncc(-c3ccc4[nH]nc(-c5nc6cccnc6[nH]5)c4c3)n2)C1. The Hall–Kier alpha value is -3.85. The number of pyridine rings is 1. The molecule has 1 aliphatic heterocycles. The number of aromatic amines is 2. The van der Waals surface area contributed by atoms with E-state index in [1.165, 1.54) is 0 Å². The minimum absolute atomic E-state index is 0.212. The average Bonchev–Trinajstić information content (AvgIpc) is 3.34. The standard InChI is InChI=1S/C20H17N9/c21-12-9-29(10-12)17-8-22-7-16(24-17)11-3-4-14-13(6-11)18(28-27-14)20-25-15-2-1-5-23-19(15)26-20/h1-8,12H,9-10,21H2,(H,27,28)(H,23,25,26). The van der Waals surface area contributed by atoms with Gasteiger partial charge in [0.05, 0.1) is 23.6 Å². The van der Waals surface area contributed by atoms with Crippen molar-refractivity contribution in [3.63, 3.8) is 0 Å². The molecule has 29 heavy (non-hydrogen) atoms. The minimum atomic E-state index is 0.212. The van der Waals surface area contributed by atoms with Gasteiger partial charge in [0.2, 0.25) is 0 Å². The number of nitrogens with two attached hydrogens (primary N) is 1. The molecular formula is C20H17N9. The highest BCUT2D eigenvalue weighted by molar-refractivity contribution is 5.95. The highest BCUT2D eigenvalue weighted by Gasteiger charge is 2.24. The molecule has 9 heteroatoms. The second-order valence-electron chi connectivity index (χ2n) is 7.22. The number of fused-ring (bicyclic) bond motifs is 2. The van der Waals surface area contributed by atoms with Crippen molar-refractivity contribution >= 4 is 27.9 Å². The van der Waals surface area contributed by atoms with Gasteiger partial charge in [0.15, 0.2) is 11.5 Å². The molecule has 6 rings (SSSR count). The van der Waals surface area contributed by atoms with Gasteiger partial charge in [-0.15, -0.1) is 0 Å². The van der Waals surface area contributed by atoms with Crippen molar-refractivity contribution in [2.75, 3.05) is 18.0 Å². The van der Waals surface area contributed by atoms with Crippen LogP contribution in [0.5, 0.6) is 0 Å². The van der Waals surface area contributed by atoms with E-state index in [-0.39, 0.29) is 6.04 Å². The number of H-pyrrole nitrogens is 2. The van der Waals surface area contributed by atoms with E-state index in [0.29, 0.717) is 5.82 Å². The van der Waals surface area contributed by atoms with Crippen molar-refractivity contribution in [1.82, 2.24) is 35.1 Å². The smallest absolute Gasteiger partial charge is 0.160 e. The molecule has 5 aromatic rings. The molecule has 0 bridgehead atoms. The third-order valence-electron chi connectivity index (χ3n) is 5.19. The normalized spacial score (nSPS) is 14.6. The molecule has 4 N–H and O–H groups in total. The maximum Gasteiger partial charge on any atom is 0.160 e. The van der Waals surface area contributed by atoms with Gasteiger partial charge in [-0.1, -0.05) is 6.07 Å². The Labute approximate surface area is 165 Å². The van der Waals surface area contributed by atoms with Crippen molar-refractivity contribution in [1.29, 1.82) is 0 Å². The molecule has 1 fully saturated rings. The predicted molar refractivity (Wildman–Crippen MR) is 110 cm³/mol. The summed E-state index contributed by atoms with van der Waals surface area (Å²) in [5.74, 6) is 1.52. The second-order valence-corrected chi connectivity index (χ2v) is 7.22. The summed E-state index contributed by atoms with van der Waals surface area (Å²) >= 11 is 0. The van der Waals surface area contributed by atoms with Crippen molar-refractivity contribution in [2.45, 2.75) is 6.04 Å². The number of benzene rings is 1. The Morgan fingerprint density at radius 3 is 2.90 bits per heavy atom.